The average molecular weight is 336 g/mol. The predicted octanol–water partition coefficient (Wildman–Crippen LogP) is 2.77. The first-order chi connectivity index (χ1) is 12.1. The van der Waals surface area contributed by atoms with E-state index in [4.69, 9.17) is 0 Å². The van der Waals surface area contributed by atoms with E-state index in [1.807, 2.05) is 42.3 Å². The summed E-state index contributed by atoms with van der Waals surface area (Å²) in [5, 5.41) is 0. The molecular weight excluding hydrogens is 312 g/mol. The van der Waals surface area contributed by atoms with Gasteiger partial charge in [0, 0.05) is 50.1 Å². The fourth-order valence-electron chi connectivity index (χ4n) is 4.49. The summed E-state index contributed by atoms with van der Waals surface area (Å²) in [6.07, 6.45) is 7.59. The molecular formula is C20H24N4O. The Balaban J connectivity index is 1.49. The number of benzene rings is 1. The number of aromatic nitrogens is 2. The zero-order valence-corrected chi connectivity index (χ0v) is 14.8. The van der Waals surface area contributed by atoms with Crippen molar-refractivity contribution in [2.45, 2.75) is 25.8 Å². The maximum atomic E-state index is 12.9. The number of hydrogen-bond donors (Lipinski definition) is 0. The number of likely N-dealkylation sites (tertiary alicyclic amines) is 1. The highest BCUT2D eigenvalue weighted by Gasteiger charge is 2.45. The van der Waals surface area contributed by atoms with E-state index >= 15 is 0 Å². The molecule has 0 radical (unpaired) electrons. The second kappa shape index (κ2) is 6.47. The highest BCUT2D eigenvalue weighted by Crippen LogP contribution is 2.41. The molecule has 4 rings (SSSR count). The van der Waals surface area contributed by atoms with Crippen LogP contribution in [0, 0.1) is 18.8 Å². The van der Waals surface area contributed by atoms with Gasteiger partial charge in [0.05, 0.1) is 6.20 Å². The van der Waals surface area contributed by atoms with Gasteiger partial charge in [0.2, 0.25) is 0 Å². The van der Waals surface area contributed by atoms with Crippen molar-refractivity contribution < 1.29 is 4.79 Å². The summed E-state index contributed by atoms with van der Waals surface area (Å²) in [5.41, 5.74) is 1.93. The molecule has 1 aromatic carbocycles. The van der Waals surface area contributed by atoms with Crippen LogP contribution in [0.25, 0.3) is 0 Å². The second-order valence-corrected chi connectivity index (χ2v) is 7.32. The van der Waals surface area contributed by atoms with Crippen LogP contribution in [-0.2, 0) is 0 Å². The van der Waals surface area contributed by atoms with Gasteiger partial charge < -0.3 is 9.80 Å². The normalized spacial score (nSPS) is 25.0. The smallest absolute Gasteiger partial charge is 0.253 e. The van der Waals surface area contributed by atoms with Gasteiger partial charge in [0.15, 0.2) is 0 Å². The van der Waals surface area contributed by atoms with Crippen molar-refractivity contribution in [3.63, 3.8) is 0 Å². The Morgan fingerprint density at radius 3 is 2.88 bits per heavy atom. The van der Waals surface area contributed by atoms with Crippen LogP contribution in [0.2, 0.25) is 0 Å². The lowest BCUT2D eigenvalue weighted by Gasteiger charge is -2.30. The lowest BCUT2D eigenvalue weighted by Crippen LogP contribution is -2.39. The molecule has 5 heteroatoms. The van der Waals surface area contributed by atoms with Crippen LogP contribution in [0.3, 0.4) is 0 Å². The molecule has 2 heterocycles. The van der Waals surface area contributed by atoms with Crippen LogP contribution in [0.5, 0.6) is 0 Å². The Morgan fingerprint density at radius 1 is 1.24 bits per heavy atom. The molecule has 2 aliphatic rings. The monoisotopic (exact) mass is 336 g/mol. The molecule has 1 saturated heterocycles. The molecule has 25 heavy (non-hydrogen) atoms. The predicted molar refractivity (Wildman–Crippen MR) is 97.5 cm³/mol. The molecule has 0 spiro atoms. The van der Waals surface area contributed by atoms with Gasteiger partial charge in [-0.25, -0.2) is 4.98 Å². The SMILES string of the molecule is Cc1cccc(C(=O)N2C[C@H]3CC[C@@H](N(C)c4cnccn4)[C@H]3C2)c1. The zero-order chi connectivity index (χ0) is 17.4. The molecule has 0 N–H and O–H groups in total. The average Bonchev–Trinajstić information content (AvgIpc) is 3.22. The van der Waals surface area contributed by atoms with Gasteiger partial charge >= 0.3 is 0 Å². The number of amides is 1. The Kier molecular flexibility index (Phi) is 4.15. The molecule has 1 saturated carbocycles. The van der Waals surface area contributed by atoms with E-state index in [1.165, 1.54) is 6.42 Å². The van der Waals surface area contributed by atoms with Crippen molar-refractivity contribution in [2.75, 3.05) is 25.0 Å². The van der Waals surface area contributed by atoms with Gasteiger partial charge in [-0.05, 0) is 37.8 Å². The summed E-state index contributed by atoms with van der Waals surface area (Å²) in [6.45, 7) is 3.75. The van der Waals surface area contributed by atoms with Gasteiger partial charge in [0.25, 0.3) is 5.91 Å². The molecule has 2 aromatic rings. The van der Waals surface area contributed by atoms with Gasteiger partial charge in [-0.3, -0.25) is 9.78 Å². The minimum atomic E-state index is 0.166. The van der Waals surface area contributed by atoms with Crippen LogP contribution >= 0.6 is 0 Å². The van der Waals surface area contributed by atoms with Crippen LogP contribution in [0.15, 0.2) is 42.9 Å². The number of anilines is 1. The van der Waals surface area contributed by atoms with Crippen molar-refractivity contribution in [1.82, 2.24) is 14.9 Å². The fourth-order valence-corrected chi connectivity index (χ4v) is 4.49. The number of rotatable bonds is 3. The van der Waals surface area contributed by atoms with Gasteiger partial charge in [-0.2, -0.15) is 0 Å². The van der Waals surface area contributed by atoms with Crippen molar-refractivity contribution in [3.05, 3.63) is 54.0 Å². The van der Waals surface area contributed by atoms with E-state index in [-0.39, 0.29) is 5.91 Å². The van der Waals surface area contributed by atoms with Crippen molar-refractivity contribution in [2.24, 2.45) is 11.8 Å². The number of carbonyl (C=O) groups is 1. The summed E-state index contributed by atoms with van der Waals surface area (Å²) in [6, 6.07) is 8.33. The molecule has 1 aliphatic carbocycles. The number of fused-ring (bicyclic) bond motifs is 1. The second-order valence-electron chi connectivity index (χ2n) is 7.32. The maximum Gasteiger partial charge on any atom is 0.253 e. The molecule has 1 aromatic heterocycles. The third-order valence-corrected chi connectivity index (χ3v) is 5.78. The first-order valence-corrected chi connectivity index (χ1v) is 8.98. The maximum absolute atomic E-state index is 12.9. The lowest BCUT2D eigenvalue weighted by atomic mass is 9.97. The van der Waals surface area contributed by atoms with Gasteiger partial charge in [-0.1, -0.05) is 17.7 Å². The highest BCUT2D eigenvalue weighted by atomic mass is 16.2. The highest BCUT2D eigenvalue weighted by molar-refractivity contribution is 5.94. The van der Waals surface area contributed by atoms with Gasteiger partial charge in [0.1, 0.15) is 5.82 Å². The first kappa shape index (κ1) is 16.1. The molecule has 2 fully saturated rings. The molecule has 130 valence electrons. The Morgan fingerprint density at radius 2 is 2.12 bits per heavy atom. The summed E-state index contributed by atoms with van der Waals surface area (Å²) < 4.78 is 0. The van der Waals surface area contributed by atoms with E-state index in [2.05, 4.69) is 21.9 Å². The quantitative estimate of drug-likeness (QED) is 0.865. The summed E-state index contributed by atoms with van der Waals surface area (Å²) in [7, 11) is 2.10. The molecule has 1 aliphatic heterocycles. The number of hydrogen-bond acceptors (Lipinski definition) is 4. The molecule has 3 atom stereocenters. The topological polar surface area (TPSA) is 49.3 Å². The number of aryl methyl sites for hydroxylation is 1. The summed E-state index contributed by atoms with van der Waals surface area (Å²) >= 11 is 0. The van der Waals surface area contributed by atoms with Crippen LogP contribution < -0.4 is 4.90 Å². The zero-order valence-electron chi connectivity index (χ0n) is 14.8. The molecule has 5 nitrogen and oxygen atoms in total. The van der Waals surface area contributed by atoms with Crippen LogP contribution in [-0.4, -0.2) is 47.0 Å². The molecule has 1 amide bonds. The van der Waals surface area contributed by atoms with Gasteiger partial charge in [-0.15, -0.1) is 0 Å². The Labute approximate surface area is 148 Å². The fraction of sp³-hybridized carbons (Fsp3) is 0.450. The van der Waals surface area contributed by atoms with Crippen molar-refractivity contribution in [1.29, 1.82) is 0 Å². The van der Waals surface area contributed by atoms with Crippen molar-refractivity contribution >= 4 is 11.7 Å². The largest absolute Gasteiger partial charge is 0.355 e. The minimum absolute atomic E-state index is 0.166. The lowest BCUT2D eigenvalue weighted by molar-refractivity contribution is 0.0779. The Bertz CT molecular complexity index is 763. The first-order valence-electron chi connectivity index (χ1n) is 8.98. The summed E-state index contributed by atoms with van der Waals surface area (Å²) in [4.78, 5) is 25.8. The van der Waals surface area contributed by atoms with Crippen molar-refractivity contribution in [3.8, 4) is 0 Å². The standard InChI is InChI=1S/C20H24N4O/c1-14-4-3-5-15(10-14)20(25)24-12-16-6-7-18(17(16)13-24)23(2)19-11-21-8-9-22-19/h3-5,8-11,16-18H,6-7,12-13H2,1-2H3/t16-,17+,18-/m1/s1. The molecule has 0 bridgehead atoms. The third-order valence-electron chi connectivity index (χ3n) is 5.78. The summed E-state index contributed by atoms with van der Waals surface area (Å²) in [5.74, 6) is 2.19. The third kappa shape index (κ3) is 2.99. The number of nitrogens with zero attached hydrogens (tertiary/aromatic N) is 4. The van der Waals surface area contributed by atoms with E-state index in [1.54, 1.807) is 12.4 Å². The van der Waals surface area contributed by atoms with E-state index in [0.717, 1.165) is 36.5 Å². The van der Waals surface area contributed by atoms with Crippen LogP contribution in [0.1, 0.15) is 28.8 Å². The minimum Gasteiger partial charge on any atom is -0.355 e. The van der Waals surface area contributed by atoms with E-state index in [0.29, 0.717) is 17.9 Å². The van der Waals surface area contributed by atoms with E-state index in [9.17, 15) is 4.79 Å². The van der Waals surface area contributed by atoms with Crippen LogP contribution in [0.4, 0.5) is 5.82 Å². The Hall–Kier alpha value is -2.43. The molecule has 0 unspecified atom stereocenters. The van der Waals surface area contributed by atoms with E-state index < -0.39 is 0 Å². The number of carbonyl (C=O) groups excluding carboxylic acids is 1.